The van der Waals surface area contributed by atoms with E-state index in [1.54, 1.807) is 16.6 Å². The van der Waals surface area contributed by atoms with Gasteiger partial charge in [-0.25, -0.2) is 17.7 Å². The van der Waals surface area contributed by atoms with Crippen molar-refractivity contribution < 1.29 is 8.42 Å². The van der Waals surface area contributed by atoms with Crippen LogP contribution in [0.25, 0.3) is 27.5 Å². The number of rotatable bonds is 7. The van der Waals surface area contributed by atoms with Gasteiger partial charge in [-0.3, -0.25) is 0 Å². The SMILES string of the molecule is Cc1ccc(-c2nc3scc(CCNS(=O)(=O)c4ccc(-c5ccccc5)cc4)n3n2)cc1. The van der Waals surface area contributed by atoms with E-state index in [0.717, 1.165) is 27.3 Å². The summed E-state index contributed by atoms with van der Waals surface area (Å²) in [5.74, 6) is 0.669. The number of thiazole rings is 1. The van der Waals surface area contributed by atoms with Crippen molar-refractivity contribution in [2.24, 2.45) is 0 Å². The van der Waals surface area contributed by atoms with Gasteiger partial charge in [0.15, 0.2) is 5.82 Å². The summed E-state index contributed by atoms with van der Waals surface area (Å²) < 4.78 is 30.0. The maximum atomic E-state index is 12.7. The van der Waals surface area contributed by atoms with Crippen molar-refractivity contribution in [3.63, 3.8) is 0 Å². The molecule has 5 aromatic rings. The summed E-state index contributed by atoms with van der Waals surface area (Å²) in [6.07, 6.45) is 0.512. The first-order valence-corrected chi connectivity index (χ1v) is 12.9. The van der Waals surface area contributed by atoms with Gasteiger partial charge in [-0.15, -0.1) is 16.4 Å². The predicted molar refractivity (Wildman–Crippen MR) is 132 cm³/mol. The molecule has 8 heteroatoms. The molecule has 0 atom stereocenters. The molecule has 0 amide bonds. The molecule has 0 radical (unpaired) electrons. The quantitative estimate of drug-likeness (QED) is 0.362. The van der Waals surface area contributed by atoms with Gasteiger partial charge < -0.3 is 0 Å². The topological polar surface area (TPSA) is 76.4 Å². The summed E-state index contributed by atoms with van der Waals surface area (Å²) in [7, 11) is -3.60. The Morgan fingerprint density at radius 3 is 2.27 bits per heavy atom. The van der Waals surface area contributed by atoms with Gasteiger partial charge >= 0.3 is 0 Å². The number of nitrogens with one attached hydrogen (secondary N) is 1. The fraction of sp³-hybridized carbons (Fsp3) is 0.120. The van der Waals surface area contributed by atoms with Crippen molar-refractivity contribution in [1.82, 2.24) is 19.3 Å². The Kier molecular flexibility index (Phi) is 5.80. The molecule has 0 bridgehead atoms. The van der Waals surface area contributed by atoms with E-state index in [-0.39, 0.29) is 11.4 Å². The maximum Gasteiger partial charge on any atom is 0.240 e. The normalized spacial score (nSPS) is 11.8. The van der Waals surface area contributed by atoms with E-state index in [1.165, 1.54) is 16.9 Å². The highest BCUT2D eigenvalue weighted by atomic mass is 32.2. The van der Waals surface area contributed by atoms with Gasteiger partial charge in [0.05, 0.1) is 10.6 Å². The molecule has 0 spiro atoms. The van der Waals surface area contributed by atoms with Gasteiger partial charge in [-0.1, -0.05) is 72.3 Å². The predicted octanol–water partition coefficient (Wildman–Crippen LogP) is 4.95. The molecular weight excluding hydrogens is 452 g/mol. The molecule has 0 aliphatic rings. The third-order valence-electron chi connectivity index (χ3n) is 5.40. The first-order valence-electron chi connectivity index (χ1n) is 10.5. The first kappa shape index (κ1) is 21.5. The molecule has 0 saturated heterocycles. The van der Waals surface area contributed by atoms with Gasteiger partial charge in [0.2, 0.25) is 15.0 Å². The minimum absolute atomic E-state index is 0.250. The summed E-state index contributed by atoms with van der Waals surface area (Å²) in [6, 6.07) is 24.9. The number of hydrogen-bond donors (Lipinski definition) is 1. The highest BCUT2D eigenvalue weighted by Gasteiger charge is 2.15. The molecule has 0 fully saturated rings. The van der Waals surface area contributed by atoms with Crippen LogP contribution in [0.2, 0.25) is 0 Å². The molecule has 0 saturated carbocycles. The van der Waals surface area contributed by atoms with Crippen molar-refractivity contribution >= 4 is 26.3 Å². The number of aryl methyl sites for hydroxylation is 1. The van der Waals surface area contributed by atoms with Crippen LogP contribution in [0.3, 0.4) is 0 Å². The lowest BCUT2D eigenvalue weighted by Gasteiger charge is -2.08. The molecule has 5 rings (SSSR count). The number of nitrogens with zero attached hydrogens (tertiary/aromatic N) is 3. The monoisotopic (exact) mass is 474 g/mol. The van der Waals surface area contributed by atoms with Crippen molar-refractivity contribution in [3.8, 4) is 22.5 Å². The van der Waals surface area contributed by atoms with Crippen LogP contribution in [0.1, 0.15) is 11.3 Å². The van der Waals surface area contributed by atoms with Crippen LogP contribution in [0.15, 0.2) is 89.1 Å². The van der Waals surface area contributed by atoms with E-state index in [1.807, 2.05) is 79.0 Å². The van der Waals surface area contributed by atoms with E-state index in [4.69, 9.17) is 0 Å². The van der Waals surface area contributed by atoms with E-state index < -0.39 is 10.0 Å². The Morgan fingerprint density at radius 2 is 1.55 bits per heavy atom. The summed E-state index contributed by atoms with van der Waals surface area (Å²) in [5, 5.41) is 6.59. The molecule has 2 aromatic heterocycles. The molecule has 3 aromatic carbocycles. The van der Waals surface area contributed by atoms with Crippen molar-refractivity contribution in [3.05, 3.63) is 95.5 Å². The summed E-state index contributed by atoms with van der Waals surface area (Å²) in [6.45, 7) is 2.31. The molecule has 0 unspecified atom stereocenters. The summed E-state index contributed by atoms with van der Waals surface area (Å²) in [4.78, 5) is 5.64. The Labute approximate surface area is 196 Å². The Hall–Kier alpha value is -3.33. The molecule has 166 valence electrons. The number of aromatic nitrogens is 3. The number of sulfonamides is 1. The van der Waals surface area contributed by atoms with Crippen LogP contribution in [0.4, 0.5) is 0 Å². The molecule has 2 heterocycles. The van der Waals surface area contributed by atoms with Crippen molar-refractivity contribution in [1.29, 1.82) is 0 Å². The van der Waals surface area contributed by atoms with Crippen LogP contribution in [-0.2, 0) is 16.4 Å². The third-order valence-corrected chi connectivity index (χ3v) is 7.75. The Balaban J connectivity index is 1.26. The van der Waals surface area contributed by atoms with Gasteiger partial charge in [-0.05, 0) is 30.2 Å². The standard InChI is InChI=1S/C25H22N4O2S2/c1-18-7-9-21(10-8-18)24-27-25-29(28-24)22(17-32-25)15-16-26-33(30,31)23-13-11-20(12-14-23)19-5-3-2-4-6-19/h2-14,17,26H,15-16H2,1H3. The molecular formula is C25H22N4O2S2. The highest BCUT2D eigenvalue weighted by molar-refractivity contribution is 7.89. The molecule has 33 heavy (non-hydrogen) atoms. The molecule has 1 N–H and O–H groups in total. The van der Waals surface area contributed by atoms with E-state index in [0.29, 0.717) is 12.2 Å². The van der Waals surface area contributed by atoms with Crippen LogP contribution >= 0.6 is 11.3 Å². The minimum Gasteiger partial charge on any atom is -0.211 e. The van der Waals surface area contributed by atoms with Gasteiger partial charge in [-0.2, -0.15) is 4.98 Å². The second kappa shape index (κ2) is 8.90. The molecule has 6 nitrogen and oxygen atoms in total. The van der Waals surface area contributed by atoms with Crippen LogP contribution < -0.4 is 4.72 Å². The smallest absolute Gasteiger partial charge is 0.211 e. The van der Waals surface area contributed by atoms with Crippen LogP contribution in [0, 0.1) is 6.92 Å². The Bertz CT molecular complexity index is 1490. The maximum absolute atomic E-state index is 12.7. The lowest BCUT2D eigenvalue weighted by molar-refractivity contribution is 0.581. The molecule has 0 aliphatic carbocycles. The zero-order chi connectivity index (χ0) is 22.8. The third kappa shape index (κ3) is 4.59. The largest absolute Gasteiger partial charge is 0.240 e. The van der Waals surface area contributed by atoms with Gasteiger partial charge in [0, 0.05) is 23.9 Å². The number of hydrogen-bond acceptors (Lipinski definition) is 5. The first-order chi connectivity index (χ1) is 16.0. The Morgan fingerprint density at radius 1 is 0.879 bits per heavy atom. The minimum atomic E-state index is -3.60. The fourth-order valence-corrected chi connectivity index (χ4v) is 5.46. The van der Waals surface area contributed by atoms with Crippen LogP contribution in [-0.4, -0.2) is 29.6 Å². The van der Waals surface area contributed by atoms with E-state index in [2.05, 4.69) is 14.8 Å². The van der Waals surface area contributed by atoms with E-state index >= 15 is 0 Å². The van der Waals surface area contributed by atoms with Gasteiger partial charge in [0.1, 0.15) is 0 Å². The number of benzene rings is 3. The average Bonchev–Trinajstić information content (AvgIpc) is 3.42. The molecule has 0 aliphatic heterocycles. The van der Waals surface area contributed by atoms with Crippen LogP contribution in [0.5, 0.6) is 0 Å². The second-order valence-corrected chi connectivity index (χ2v) is 10.4. The zero-order valence-electron chi connectivity index (χ0n) is 18.0. The van der Waals surface area contributed by atoms with Gasteiger partial charge in [0.25, 0.3) is 0 Å². The lowest BCUT2D eigenvalue weighted by Crippen LogP contribution is -2.26. The lowest BCUT2D eigenvalue weighted by atomic mass is 10.1. The van der Waals surface area contributed by atoms with E-state index in [9.17, 15) is 8.42 Å². The fourth-order valence-electron chi connectivity index (χ4n) is 3.58. The second-order valence-electron chi connectivity index (χ2n) is 7.76. The highest BCUT2D eigenvalue weighted by Crippen LogP contribution is 2.23. The van der Waals surface area contributed by atoms with Crippen molar-refractivity contribution in [2.75, 3.05) is 6.54 Å². The number of fused-ring (bicyclic) bond motifs is 1. The van der Waals surface area contributed by atoms with Crippen molar-refractivity contribution in [2.45, 2.75) is 18.2 Å². The average molecular weight is 475 g/mol. The summed E-state index contributed by atoms with van der Waals surface area (Å²) >= 11 is 1.50. The zero-order valence-corrected chi connectivity index (χ0v) is 19.6. The summed E-state index contributed by atoms with van der Waals surface area (Å²) in [5.41, 5.74) is 5.09.